The minimum Gasteiger partial charge on any atom is -0.461 e. The van der Waals surface area contributed by atoms with Gasteiger partial charge in [-0.15, -0.1) is 0 Å². The molecule has 3 rings (SSSR count). The molecular weight excluding hydrogens is 306 g/mol. The molecule has 3 heterocycles. The van der Waals surface area contributed by atoms with E-state index in [0.717, 1.165) is 31.8 Å². The van der Waals surface area contributed by atoms with Gasteiger partial charge in [0.25, 0.3) is 0 Å². The minimum absolute atomic E-state index is 0.178. The second kappa shape index (κ2) is 7.64. The summed E-state index contributed by atoms with van der Waals surface area (Å²) in [5.74, 6) is 3.08. The summed E-state index contributed by atoms with van der Waals surface area (Å²) < 4.78 is 10.4. The average Bonchev–Trinajstić information content (AvgIpc) is 3.19. The van der Waals surface area contributed by atoms with Crippen molar-refractivity contribution in [1.82, 2.24) is 15.0 Å². The molecule has 130 valence electrons. The summed E-state index contributed by atoms with van der Waals surface area (Å²) >= 11 is 0. The Morgan fingerprint density at radius 3 is 3.00 bits per heavy atom. The van der Waals surface area contributed by atoms with Gasteiger partial charge in [-0.1, -0.05) is 19.0 Å². The van der Waals surface area contributed by atoms with Crippen molar-refractivity contribution in [3.05, 3.63) is 24.3 Å². The Hall–Kier alpha value is -2.11. The molecule has 0 saturated carbocycles. The fourth-order valence-electron chi connectivity index (χ4n) is 3.27. The lowest BCUT2D eigenvalue weighted by atomic mass is 9.89. The van der Waals surface area contributed by atoms with Gasteiger partial charge in [0.05, 0.1) is 6.26 Å². The van der Waals surface area contributed by atoms with Crippen molar-refractivity contribution in [2.45, 2.75) is 46.0 Å². The average molecular weight is 331 g/mol. The van der Waals surface area contributed by atoms with Crippen LogP contribution in [0.4, 0.5) is 0 Å². The van der Waals surface area contributed by atoms with E-state index in [2.05, 4.69) is 24.0 Å². The predicted octanol–water partition coefficient (Wildman–Crippen LogP) is 3.55. The van der Waals surface area contributed by atoms with Crippen molar-refractivity contribution in [2.75, 3.05) is 13.1 Å². The number of hydrogen-bond donors (Lipinski definition) is 0. The molecule has 2 aromatic heterocycles. The minimum atomic E-state index is 0.178. The topological polar surface area (TPSA) is 72.4 Å². The van der Waals surface area contributed by atoms with Gasteiger partial charge < -0.3 is 13.8 Å². The van der Waals surface area contributed by atoms with Crippen LogP contribution in [0.15, 0.2) is 27.3 Å². The summed E-state index contributed by atoms with van der Waals surface area (Å²) in [6.45, 7) is 6.27. The number of likely N-dealkylation sites (tertiary alicyclic amines) is 1. The third-order valence-electron chi connectivity index (χ3n) is 4.83. The van der Waals surface area contributed by atoms with Crippen LogP contribution in [0, 0.1) is 11.8 Å². The van der Waals surface area contributed by atoms with Gasteiger partial charge in [0.1, 0.15) is 0 Å². The van der Waals surface area contributed by atoms with E-state index in [1.807, 2.05) is 4.90 Å². The van der Waals surface area contributed by atoms with Crippen LogP contribution in [0.5, 0.6) is 0 Å². The lowest BCUT2D eigenvalue weighted by molar-refractivity contribution is -0.131. The first-order valence-electron chi connectivity index (χ1n) is 8.77. The van der Waals surface area contributed by atoms with E-state index < -0.39 is 0 Å². The number of amides is 1. The highest BCUT2D eigenvalue weighted by Gasteiger charge is 2.22. The highest BCUT2D eigenvalue weighted by molar-refractivity contribution is 5.76. The molecule has 1 saturated heterocycles. The summed E-state index contributed by atoms with van der Waals surface area (Å²) in [5, 5.41) is 3.89. The largest absolute Gasteiger partial charge is 0.461 e. The quantitative estimate of drug-likeness (QED) is 0.838. The number of rotatable bonds is 5. The molecule has 1 amide bonds. The second-order valence-electron chi connectivity index (χ2n) is 6.80. The van der Waals surface area contributed by atoms with Gasteiger partial charge in [0.2, 0.25) is 17.6 Å². The Balaban J connectivity index is 1.50. The first-order valence-corrected chi connectivity index (χ1v) is 8.77. The van der Waals surface area contributed by atoms with Crippen molar-refractivity contribution in [1.29, 1.82) is 0 Å². The molecule has 1 atom stereocenters. The smallest absolute Gasteiger partial charge is 0.238 e. The van der Waals surface area contributed by atoms with Gasteiger partial charge >= 0.3 is 0 Å². The molecule has 0 N–H and O–H groups in total. The first kappa shape index (κ1) is 16.7. The van der Waals surface area contributed by atoms with Crippen LogP contribution in [0.25, 0.3) is 11.6 Å². The Morgan fingerprint density at radius 2 is 2.25 bits per heavy atom. The SMILES string of the molecule is CC(C)[C@H]1CCCN(C(=O)CCc2nc(-c3ccco3)no2)CC1. The van der Waals surface area contributed by atoms with E-state index in [1.165, 1.54) is 6.42 Å². The highest BCUT2D eigenvalue weighted by Crippen LogP contribution is 2.25. The Morgan fingerprint density at radius 1 is 1.38 bits per heavy atom. The predicted molar refractivity (Wildman–Crippen MR) is 89.1 cm³/mol. The third kappa shape index (κ3) is 4.04. The molecule has 1 aliphatic rings. The summed E-state index contributed by atoms with van der Waals surface area (Å²) in [6.07, 6.45) is 5.86. The Kier molecular flexibility index (Phi) is 5.33. The summed E-state index contributed by atoms with van der Waals surface area (Å²) in [6, 6.07) is 3.56. The van der Waals surface area contributed by atoms with E-state index >= 15 is 0 Å². The molecule has 0 unspecified atom stereocenters. The maximum atomic E-state index is 12.5. The van der Waals surface area contributed by atoms with Crippen molar-refractivity contribution in [2.24, 2.45) is 11.8 Å². The molecule has 2 aromatic rings. The van der Waals surface area contributed by atoms with E-state index in [0.29, 0.717) is 36.2 Å². The number of carbonyl (C=O) groups is 1. The zero-order chi connectivity index (χ0) is 16.9. The van der Waals surface area contributed by atoms with E-state index in [9.17, 15) is 4.79 Å². The summed E-state index contributed by atoms with van der Waals surface area (Å²) in [7, 11) is 0. The molecule has 0 bridgehead atoms. The first-order chi connectivity index (χ1) is 11.6. The molecule has 0 aliphatic carbocycles. The Bertz CT molecular complexity index is 648. The van der Waals surface area contributed by atoms with Crippen LogP contribution in [0.1, 0.15) is 45.4 Å². The molecule has 0 spiro atoms. The second-order valence-corrected chi connectivity index (χ2v) is 6.80. The molecule has 6 nitrogen and oxygen atoms in total. The maximum absolute atomic E-state index is 12.5. The zero-order valence-corrected chi connectivity index (χ0v) is 14.4. The summed E-state index contributed by atoms with van der Waals surface area (Å²) in [5.41, 5.74) is 0. The van der Waals surface area contributed by atoms with Crippen LogP contribution in [-0.4, -0.2) is 34.0 Å². The highest BCUT2D eigenvalue weighted by atomic mass is 16.5. The van der Waals surface area contributed by atoms with Gasteiger partial charge in [-0.05, 0) is 43.2 Å². The maximum Gasteiger partial charge on any atom is 0.238 e. The van der Waals surface area contributed by atoms with Gasteiger partial charge in [-0.2, -0.15) is 4.98 Å². The fourth-order valence-corrected chi connectivity index (χ4v) is 3.27. The van der Waals surface area contributed by atoms with Gasteiger partial charge in [0, 0.05) is 25.9 Å². The number of furan rings is 1. The van der Waals surface area contributed by atoms with Crippen LogP contribution >= 0.6 is 0 Å². The molecule has 0 radical (unpaired) electrons. The van der Waals surface area contributed by atoms with Crippen LogP contribution < -0.4 is 0 Å². The van der Waals surface area contributed by atoms with Crippen molar-refractivity contribution < 1.29 is 13.7 Å². The number of hydrogen-bond acceptors (Lipinski definition) is 5. The molecule has 6 heteroatoms. The molecule has 1 aliphatic heterocycles. The number of aromatic nitrogens is 2. The third-order valence-corrected chi connectivity index (χ3v) is 4.83. The van der Waals surface area contributed by atoms with Crippen molar-refractivity contribution in [3.8, 4) is 11.6 Å². The summed E-state index contributed by atoms with van der Waals surface area (Å²) in [4.78, 5) is 18.7. The monoisotopic (exact) mass is 331 g/mol. The molecule has 1 fully saturated rings. The van der Waals surface area contributed by atoms with Crippen LogP contribution in [0.3, 0.4) is 0 Å². The van der Waals surface area contributed by atoms with Crippen LogP contribution in [-0.2, 0) is 11.2 Å². The van der Waals surface area contributed by atoms with Gasteiger partial charge in [0.15, 0.2) is 5.76 Å². The lowest BCUT2D eigenvalue weighted by Gasteiger charge is -2.21. The normalized spacial score (nSPS) is 18.8. The van der Waals surface area contributed by atoms with Crippen molar-refractivity contribution >= 4 is 5.91 Å². The molecule has 0 aromatic carbocycles. The van der Waals surface area contributed by atoms with E-state index in [1.54, 1.807) is 18.4 Å². The van der Waals surface area contributed by atoms with Crippen LogP contribution in [0.2, 0.25) is 0 Å². The number of carbonyl (C=O) groups excluding carboxylic acids is 1. The van der Waals surface area contributed by atoms with Crippen molar-refractivity contribution in [3.63, 3.8) is 0 Å². The van der Waals surface area contributed by atoms with Gasteiger partial charge in [-0.3, -0.25) is 4.79 Å². The fraction of sp³-hybridized carbons (Fsp3) is 0.611. The lowest BCUT2D eigenvalue weighted by Crippen LogP contribution is -2.32. The van der Waals surface area contributed by atoms with E-state index in [4.69, 9.17) is 8.94 Å². The number of nitrogens with zero attached hydrogens (tertiary/aromatic N) is 3. The number of aryl methyl sites for hydroxylation is 1. The van der Waals surface area contributed by atoms with E-state index in [-0.39, 0.29) is 5.91 Å². The Labute approximate surface area is 142 Å². The zero-order valence-electron chi connectivity index (χ0n) is 14.4. The molecule has 24 heavy (non-hydrogen) atoms. The molecular formula is C18H25N3O3. The standard InChI is InChI=1S/C18H25N3O3/c1-13(2)14-5-3-10-21(11-9-14)17(22)8-7-16-19-18(20-24-16)15-6-4-12-23-15/h4,6,12-14H,3,5,7-11H2,1-2H3/t14-/m0/s1. The van der Waals surface area contributed by atoms with Gasteiger partial charge in [-0.25, -0.2) is 0 Å².